The highest BCUT2D eigenvalue weighted by Crippen LogP contribution is 2.36. The van der Waals surface area contributed by atoms with Crippen molar-refractivity contribution in [2.45, 2.75) is 127 Å². The average molecular weight is 594 g/mol. The number of hydrogen-bond donors (Lipinski definition) is 5. The number of nitrogens with one attached hydrogen (secondary N) is 1. The fraction of sp³-hybridized carbons (Fsp3) is 0.923. The Morgan fingerprint density at radius 3 is 1.56 bits per heavy atom. The minimum atomic E-state index is -1.10. The summed E-state index contributed by atoms with van der Waals surface area (Å²) in [5.74, 6) is -5.28. The second kappa shape index (κ2) is 12.6. The van der Waals surface area contributed by atoms with Crippen molar-refractivity contribution in [1.82, 2.24) is 5.32 Å². The van der Waals surface area contributed by atoms with Gasteiger partial charge in [0.05, 0.1) is 38.5 Å². The SMILES string of the molecule is CC1(C)OC[C@@H](N)C([C@@H]2OC(C)(C)O[C@@H]2CO)O1.CC1(C)OC[C@@H](NC(=O)C(N)=O)C([C@@H]2OC(C)(C)O[C@@H]2CO)O1. The molecule has 0 saturated carbocycles. The third kappa shape index (κ3) is 8.76. The number of aliphatic hydroxyl groups excluding tert-OH is 2. The molecule has 0 spiro atoms. The molecule has 4 aliphatic rings. The summed E-state index contributed by atoms with van der Waals surface area (Å²) in [6.07, 6.45) is -3.12. The average Bonchev–Trinajstić information content (AvgIpc) is 3.35. The van der Waals surface area contributed by atoms with Gasteiger partial charge in [-0.3, -0.25) is 9.59 Å². The first kappa shape index (κ1) is 34.0. The van der Waals surface area contributed by atoms with Crippen LogP contribution < -0.4 is 16.8 Å². The Kier molecular flexibility index (Phi) is 10.5. The van der Waals surface area contributed by atoms with Crippen molar-refractivity contribution in [3.63, 3.8) is 0 Å². The number of ether oxygens (including phenoxy) is 8. The topological polar surface area (TPSA) is 213 Å². The van der Waals surface area contributed by atoms with Gasteiger partial charge in [-0.2, -0.15) is 0 Å². The van der Waals surface area contributed by atoms with E-state index in [4.69, 9.17) is 49.4 Å². The molecule has 7 N–H and O–H groups in total. The minimum Gasteiger partial charge on any atom is -0.394 e. The first-order valence-corrected chi connectivity index (χ1v) is 13.7. The third-order valence-electron chi connectivity index (χ3n) is 6.88. The second-order valence-electron chi connectivity index (χ2n) is 12.3. The molecule has 0 aromatic rings. The molecule has 2 unspecified atom stereocenters. The Morgan fingerprint density at radius 2 is 1.10 bits per heavy atom. The van der Waals surface area contributed by atoms with Gasteiger partial charge >= 0.3 is 11.8 Å². The highest BCUT2D eigenvalue weighted by atomic mass is 16.8. The van der Waals surface area contributed by atoms with E-state index in [9.17, 15) is 19.8 Å². The zero-order chi connectivity index (χ0) is 31.0. The van der Waals surface area contributed by atoms with Crippen LogP contribution in [-0.2, 0) is 47.5 Å². The summed E-state index contributed by atoms with van der Waals surface area (Å²) in [4.78, 5) is 22.6. The Bertz CT molecular complexity index is 927. The molecule has 4 aliphatic heterocycles. The van der Waals surface area contributed by atoms with E-state index in [0.717, 1.165) is 0 Å². The fourth-order valence-corrected chi connectivity index (χ4v) is 5.21. The van der Waals surface area contributed by atoms with Crippen LogP contribution in [0.15, 0.2) is 0 Å². The zero-order valence-corrected chi connectivity index (χ0v) is 25.1. The van der Waals surface area contributed by atoms with Crippen LogP contribution in [0.25, 0.3) is 0 Å². The van der Waals surface area contributed by atoms with Gasteiger partial charge in [0.2, 0.25) is 0 Å². The second-order valence-corrected chi connectivity index (χ2v) is 12.3. The van der Waals surface area contributed by atoms with Crippen LogP contribution in [0.5, 0.6) is 0 Å². The molecule has 238 valence electrons. The van der Waals surface area contributed by atoms with Crippen molar-refractivity contribution in [2.75, 3.05) is 26.4 Å². The van der Waals surface area contributed by atoms with E-state index in [1.54, 1.807) is 27.7 Å². The number of aliphatic hydroxyl groups is 2. The van der Waals surface area contributed by atoms with Gasteiger partial charge in [0, 0.05) is 0 Å². The van der Waals surface area contributed by atoms with Crippen LogP contribution in [0.1, 0.15) is 55.4 Å². The summed E-state index contributed by atoms with van der Waals surface area (Å²) < 4.78 is 45.6. The van der Waals surface area contributed by atoms with E-state index in [1.807, 2.05) is 27.7 Å². The summed E-state index contributed by atoms with van der Waals surface area (Å²) in [5.41, 5.74) is 11.0. The molecule has 0 bridgehead atoms. The van der Waals surface area contributed by atoms with Crippen molar-refractivity contribution in [2.24, 2.45) is 11.5 Å². The lowest BCUT2D eigenvalue weighted by atomic mass is 9.99. The third-order valence-corrected chi connectivity index (χ3v) is 6.88. The molecule has 0 radical (unpaired) electrons. The van der Waals surface area contributed by atoms with Crippen molar-refractivity contribution >= 4 is 11.8 Å². The first-order chi connectivity index (χ1) is 18.8. The standard InChI is InChI=1S/C14H24N2O7.C12H23NO5/c1-13(2)20-6-7(16-12(19)11(15)18)9(22-13)10-8(5-17)21-14(3,4)23-10;1-11(2)15-6-7(13)9(17-11)10-8(5-14)16-12(3,4)18-10/h7-10,17H,5-6H2,1-4H3,(H2,15,18)(H,16,19);7-10,14H,5-6,13H2,1-4H3/t2*7-,8-,9?,10-/m11/s1. The Morgan fingerprint density at radius 1 is 0.683 bits per heavy atom. The number of nitrogens with two attached hydrogens (primary N) is 2. The van der Waals surface area contributed by atoms with Gasteiger partial charge in [-0.1, -0.05) is 0 Å². The molecule has 15 nitrogen and oxygen atoms in total. The summed E-state index contributed by atoms with van der Waals surface area (Å²) >= 11 is 0. The van der Waals surface area contributed by atoms with E-state index >= 15 is 0 Å². The van der Waals surface area contributed by atoms with E-state index < -0.39 is 65.4 Å². The largest absolute Gasteiger partial charge is 0.394 e. The normalized spacial score (nSPS) is 38.9. The van der Waals surface area contributed by atoms with Gasteiger partial charge < -0.3 is 64.9 Å². The molecule has 0 aromatic carbocycles. The molecule has 15 heteroatoms. The number of primary amides is 1. The van der Waals surface area contributed by atoms with Crippen LogP contribution in [0.4, 0.5) is 0 Å². The summed E-state index contributed by atoms with van der Waals surface area (Å²) in [7, 11) is 0. The van der Waals surface area contributed by atoms with Crippen molar-refractivity contribution in [3.8, 4) is 0 Å². The first-order valence-electron chi connectivity index (χ1n) is 13.7. The summed E-state index contributed by atoms with van der Waals surface area (Å²) in [5, 5.41) is 21.4. The summed E-state index contributed by atoms with van der Waals surface area (Å²) in [6, 6.07) is -0.964. The van der Waals surface area contributed by atoms with E-state index in [-0.39, 0.29) is 38.1 Å². The lowest BCUT2D eigenvalue weighted by molar-refractivity contribution is -0.302. The number of hydrogen-bond acceptors (Lipinski definition) is 13. The highest BCUT2D eigenvalue weighted by molar-refractivity contribution is 6.34. The molecule has 41 heavy (non-hydrogen) atoms. The van der Waals surface area contributed by atoms with Crippen molar-refractivity contribution < 1.29 is 57.7 Å². The summed E-state index contributed by atoms with van der Waals surface area (Å²) in [6.45, 7) is 14.3. The molecule has 8 atom stereocenters. The fourth-order valence-electron chi connectivity index (χ4n) is 5.21. The molecule has 4 rings (SSSR count). The molecular weight excluding hydrogens is 546 g/mol. The predicted octanol–water partition coefficient (Wildman–Crippen LogP) is -1.40. The Labute approximate surface area is 240 Å². The predicted molar refractivity (Wildman–Crippen MR) is 141 cm³/mol. The van der Waals surface area contributed by atoms with Gasteiger partial charge in [-0.25, -0.2) is 0 Å². The smallest absolute Gasteiger partial charge is 0.309 e. The Hall–Kier alpha value is -1.50. The number of carbonyl (C=O) groups is 2. The highest BCUT2D eigenvalue weighted by Gasteiger charge is 2.52. The van der Waals surface area contributed by atoms with Gasteiger partial charge in [0.1, 0.15) is 36.6 Å². The maximum atomic E-state index is 11.6. The van der Waals surface area contributed by atoms with Crippen molar-refractivity contribution in [1.29, 1.82) is 0 Å². The lowest BCUT2D eigenvalue weighted by Gasteiger charge is -2.43. The quantitative estimate of drug-likeness (QED) is 0.232. The minimum absolute atomic E-state index is 0.106. The number of amides is 2. The van der Waals surface area contributed by atoms with Crippen LogP contribution in [-0.4, -0.2) is 120 Å². The zero-order valence-electron chi connectivity index (χ0n) is 25.1. The molecule has 4 saturated heterocycles. The molecule has 0 aromatic heterocycles. The molecule has 4 fully saturated rings. The number of carbonyl (C=O) groups excluding carboxylic acids is 2. The monoisotopic (exact) mass is 593 g/mol. The van der Waals surface area contributed by atoms with Gasteiger partial charge in [0.15, 0.2) is 23.1 Å². The van der Waals surface area contributed by atoms with Crippen LogP contribution in [0, 0.1) is 0 Å². The lowest BCUT2D eigenvalue weighted by Crippen LogP contribution is -2.62. The molecule has 0 aliphatic carbocycles. The Balaban J connectivity index is 0.000000232. The maximum absolute atomic E-state index is 11.6. The molecule has 4 heterocycles. The van der Waals surface area contributed by atoms with Gasteiger partial charge in [0.25, 0.3) is 0 Å². The molecular formula is C26H47N3O12. The van der Waals surface area contributed by atoms with E-state index in [2.05, 4.69) is 5.32 Å². The van der Waals surface area contributed by atoms with E-state index in [1.165, 1.54) is 0 Å². The van der Waals surface area contributed by atoms with Crippen LogP contribution in [0.2, 0.25) is 0 Å². The van der Waals surface area contributed by atoms with Crippen molar-refractivity contribution in [3.05, 3.63) is 0 Å². The van der Waals surface area contributed by atoms with Crippen LogP contribution >= 0.6 is 0 Å². The maximum Gasteiger partial charge on any atom is 0.309 e. The van der Waals surface area contributed by atoms with E-state index in [0.29, 0.717) is 6.61 Å². The van der Waals surface area contributed by atoms with Gasteiger partial charge in [-0.05, 0) is 55.4 Å². The number of rotatable bonds is 5. The van der Waals surface area contributed by atoms with Gasteiger partial charge in [-0.15, -0.1) is 0 Å². The van der Waals surface area contributed by atoms with Crippen LogP contribution in [0.3, 0.4) is 0 Å². The molecule has 2 amide bonds.